The number of aryl methyl sites for hydroxylation is 1. The molecule has 1 saturated heterocycles. The number of rotatable bonds is 6. The molecule has 1 heterocycles. The maximum absolute atomic E-state index is 12.7. The molecule has 0 radical (unpaired) electrons. The second-order valence-corrected chi connectivity index (χ2v) is 7.79. The largest absolute Gasteiger partial charge is 0.378 e. The van der Waals surface area contributed by atoms with Crippen molar-refractivity contribution in [3.63, 3.8) is 0 Å². The van der Waals surface area contributed by atoms with Crippen LogP contribution in [-0.2, 0) is 14.8 Å². The minimum atomic E-state index is -3.54. The molecule has 0 amide bonds. The van der Waals surface area contributed by atoms with Crippen molar-refractivity contribution in [2.75, 3.05) is 26.2 Å². The van der Waals surface area contributed by atoms with E-state index in [0.717, 1.165) is 12.0 Å². The zero-order valence-electron chi connectivity index (χ0n) is 12.8. The van der Waals surface area contributed by atoms with Crippen LogP contribution in [0.1, 0.15) is 24.8 Å². The van der Waals surface area contributed by atoms with Gasteiger partial charge in [0.15, 0.2) is 0 Å². The van der Waals surface area contributed by atoms with E-state index in [1.54, 1.807) is 25.1 Å². The predicted molar refractivity (Wildman–Crippen MR) is 87.6 cm³/mol. The number of ether oxygens (including phenoxy) is 1. The fourth-order valence-corrected chi connectivity index (χ4v) is 4.56. The number of halogens is 1. The highest BCUT2D eigenvalue weighted by Gasteiger charge is 2.31. The SMILES string of the molecule is Cc1cccc(S(=O)(=O)N2CCC(OCCCN)CC2)c1Cl. The third kappa shape index (κ3) is 4.00. The average Bonchev–Trinajstić information content (AvgIpc) is 2.50. The molecule has 0 atom stereocenters. The van der Waals surface area contributed by atoms with Gasteiger partial charge < -0.3 is 10.5 Å². The van der Waals surface area contributed by atoms with Gasteiger partial charge in [0, 0.05) is 19.7 Å². The second kappa shape index (κ2) is 7.75. The number of sulfonamides is 1. The van der Waals surface area contributed by atoms with Gasteiger partial charge in [-0.25, -0.2) is 8.42 Å². The Morgan fingerprint density at radius 2 is 2.05 bits per heavy atom. The Morgan fingerprint density at radius 1 is 1.36 bits per heavy atom. The Morgan fingerprint density at radius 3 is 2.68 bits per heavy atom. The van der Waals surface area contributed by atoms with Gasteiger partial charge in [-0.05, 0) is 44.4 Å². The molecular weight excluding hydrogens is 324 g/mol. The van der Waals surface area contributed by atoms with E-state index in [1.807, 2.05) is 0 Å². The van der Waals surface area contributed by atoms with E-state index >= 15 is 0 Å². The lowest BCUT2D eigenvalue weighted by Crippen LogP contribution is -2.41. The van der Waals surface area contributed by atoms with Crippen molar-refractivity contribution in [3.8, 4) is 0 Å². The average molecular weight is 347 g/mol. The number of hydrogen-bond acceptors (Lipinski definition) is 4. The summed E-state index contributed by atoms with van der Waals surface area (Å²) >= 11 is 6.17. The van der Waals surface area contributed by atoms with Crippen molar-refractivity contribution in [3.05, 3.63) is 28.8 Å². The summed E-state index contributed by atoms with van der Waals surface area (Å²) in [6, 6.07) is 5.09. The van der Waals surface area contributed by atoms with Crippen LogP contribution in [0.3, 0.4) is 0 Å². The lowest BCUT2D eigenvalue weighted by atomic mass is 10.1. The van der Waals surface area contributed by atoms with Crippen LogP contribution in [0.5, 0.6) is 0 Å². The third-order valence-electron chi connectivity index (χ3n) is 3.88. The van der Waals surface area contributed by atoms with Crippen LogP contribution in [0.2, 0.25) is 5.02 Å². The quantitative estimate of drug-likeness (QED) is 0.801. The van der Waals surface area contributed by atoms with Gasteiger partial charge in [-0.2, -0.15) is 4.31 Å². The summed E-state index contributed by atoms with van der Waals surface area (Å²) in [7, 11) is -3.54. The molecule has 5 nitrogen and oxygen atoms in total. The Hall–Kier alpha value is -0.660. The maximum atomic E-state index is 12.7. The fourth-order valence-electron chi connectivity index (χ4n) is 2.53. The highest BCUT2D eigenvalue weighted by Crippen LogP contribution is 2.29. The van der Waals surface area contributed by atoms with Crippen LogP contribution in [0.15, 0.2) is 23.1 Å². The van der Waals surface area contributed by atoms with E-state index in [0.29, 0.717) is 44.1 Å². The van der Waals surface area contributed by atoms with Crippen LogP contribution in [0.4, 0.5) is 0 Å². The molecule has 124 valence electrons. The standard InChI is InChI=1S/C15H23ClN2O3S/c1-12-4-2-5-14(15(12)16)22(19,20)18-9-6-13(7-10-18)21-11-3-8-17/h2,4-5,13H,3,6-11,17H2,1H3. The van der Waals surface area contributed by atoms with Gasteiger partial charge in [0.05, 0.1) is 11.1 Å². The molecule has 0 aliphatic carbocycles. The molecule has 2 N–H and O–H groups in total. The molecule has 0 aromatic heterocycles. The van der Waals surface area contributed by atoms with Gasteiger partial charge in [-0.3, -0.25) is 0 Å². The third-order valence-corrected chi connectivity index (χ3v) is 6.43. The van der Waals surface area contributed by atoms with Gasteiger partial charge in [0.25, 0.3) is 0 Å². The Kier molecular flexibility index (Phi) is 6.23. The van der Waals surface area contributed by atoms with E-state index in [4.69, 9.17) is 22.1 Å². The van der Waals surface area contributed by atoms with E-state index in [1.165, 1.54) is 4.31 Å². The van der Waals surface area contributed by atoms with Crippen LogP contribution in [0, 0.1) is 6.92 Å². The number of piperidine rings is 1. The maximum Gasteiger partial charge on any atom is 0.244 e. The topological polar surface area (TPSA) is 72.6 Å². The van der Waals surface area contributed by atoms with Gasteiger partial charge in [-0.15, -0.1) is 0 Å². The van der Waals surface area contributed by atoms with Crippen molar-refractivity contribution in [1.29, 1.82) is 0 Å². The molecule has 0 unspecified atom stereocenters. The molecule has 0 bridgehead atoms. The van der Waals surface area contributed by atoms with Crippen molar-refractivity contribution in [2.45, 2.75) is 37.2 Å². The van der Waals surface area contributed by atoms with Crippen molar-refractivity contribution < 1.29 is 13.2 Å². The van der Waals surface area contributed by atoms with E-state index in [-0.39, 0.29) is 11.0 Å². The van der Waals surface area contributed by atoms with Crippen molar-refractivity contribution >= 4 is 21.6 Å². The lowest BCUT2D eigenvalue weighted by Gasteiger charge is -2.31. The summed E-state index contributed by atoms with van der Waals surface area (Å²) in [6.45, 7) is 3.97. The molecule has 22 heavy (non-hydrogen) atoms. The molecule has 1 aromatic rings. The Balaban J connectivity index is 2.02. The molecule has 0 saturated carbocycles. The summed E-state index contributed by atoms with van der Waals surface area (Å²) in [5.41, 5.74) is 6.20. The molecule has 1 fully saturated rings. The molecule has 1 aliphatic heterocycles. The highest BCUT2D eigenvalue weighted by molar-refractivity contribution is 7.89. The first-order valence-electron chi connectivity index (χ1n) is 7.53. The monoisotopic (exact) mass is 346 g/mol. The van der Waals surface area contributed by atoms with Gasteiger partial charge >= 0.3 is 0 Å². The van der Waals surface area contributed by atoms with Gasteiger partial charge in [-0.1, -0.05) is 23.7 Å². The highest BCUT2D eigenvalue weighted by atomic mass is 35.5. The minimum absolute atomic E-state index is 0.117. The van der Waals surface area contributed by atoms with Crippen molar-refractivity contribution in [1.82, 2.24) is 4.31 Å². The zero-order valence-corrected chi connectivity index (χ0v) is 14.4. The van der Waals surface area contributed by atoms with E-state index < -0.39 is 10.0 Å². The molecule has 0 spiro atoms. The summed E-state index contributed by atoms with van der Waals surface area (Å²) in [5, 5.41) is 0.309. The molecular formula is C15H23ClN2O3S. The summed E-state index contributed by atoms with van der Waals surface area (Å²) in [6.07, 6.45) is 2.35. The van der Waals surface area contributed by atoms with Crippen LogP contribution >= 0.6 is 11.6 Å². The van der Waals surface area contributed by atoms with E-state index in [9.17, 15) is 8.42 Å². The number of benzene rings is 1. The first kappa shape index (κ1) is 17.7. The summed E-state index contributed by atoms with van der Waals surface area (Å²) in [4.78, 5) is 0.191. The normalized spacial score (nSPS) is 17.8. The molecule has 2 rings (SSSR count). The van der Waals surface area contributed by atoms with Gasteiger partial charge in [0.2, 0.25) is 10.0 Å². The molecule has 1 aliphatic rings. The number of hydrogen-bond donors (Lipinski definition) is 1. The summed E-state index contributed by atoms with van der Waals surface area (Å²) < 4.78 is 32.6. The lowest BCUT2D eigenvalue weighted by molar-refractivity contribution is 0.0209. The smallest absolute Gasteiger partial charge is 0.244 e. The van der Waals surface area contributed by atoms with Crippen molar-refractivity contribution in [2.24, 2.45) is 5.73 Å². The summed E-state index contributed by atoms with van der Waals surface area (Å²) in [5.74, 6) is 0. The number of nitrogens with two attached hydrogens (primary N) is 1. The first-order valence-corrected chi connectivity index (χ1v) is 9.35. The second-order valence-electron chi connectivity index (χ2n) is 5.50. The Labute approximate surface area is 137 Å². The van der Waals surface area contributed by atoms with Crippen LogP contribution < -0.4 is 5.73 Å². The Bertz CT molecular complexity index is 599. The van der Waals surface area contributed by atoms with Crippen LogP contribution in [-0.4, -0.2) is 45.1 Å². The predicted octanol–water partition coefficient (Wildman–Crippen LogP) is 2.17. The number of nitrogens with zero attached hydrogens (tertiary/aromatic N) is 1. The zero-order chi connectivity index (χ0) is 16.2. The van der Waals surface area contributed by atoms with E-state index in [2.05, 4.69) is 0 Å². The first-order chi connectivity index (χ1) is 10.5. The van der Waals surface area contributed by atoms with Gasteiger partial charge in [0.1, 0.15) is 4.90 Å². The molecule has 1 aromatic carbocycles. The van der Waals surface area contributed by atoms with Crippen LogP contribution in [0.25, 0.3) is 0 Å². The minimum Gasteiger partial charge on any atom is -0.378 e. The molecule has 7 heteroatoms. The fraction of sp³-hybridized carbons (Fsp3) is 0.600.